The lowest BCUT2D eigenvalue weighted by atomic mass is 10.0. The first kappa shape index (κ1) is 18.3. The fourth-order valence-corrected chi connectivity index (χ4v) is 2.99. The maximum Gasteiger partial charge on any atom is 0.426 e. The summed E-state index contributed by atoms with van der Waals surface area (Å²) in [5, 5.41) is 1.33. The van der Waals surface area contributed by atoms with Crippen molar-refractivity contribution in [3.8, 4) is 5.75 Å². The van der Waals surface area contributed by atoms with E-state index in [1.165, 1.54) is 30.3 Å². The lowest BCUT2D eigenvalue weighted by molar-refractivity contribution is -0.185. The van der Waals surface area contributed by atoms with Gasteiger partial charge in [-0.3, -0.25) is 0 Å². The van der Waals surface area contributed by atoms with Gasteiger partial charge in [0.15, 0.2) is 0 Å². The topological polar surface area (TPSA) is 9.23 Å². The Morgan fingerprint density at radius 1 is 0.885 bits per heavy atom. The normalized spacial score (nSPS) is 11.7. The Labute approximate surface area is 151 Å². The molecule has 0 aliphatic heterocycles. The van der Waals surface area contributed by atoms with Crippen LogP contribution in [-0.4, -0.2) is 0 Å². The van der Waals surface area contributed by atoms with Crippen LogP contribution in [0.5, 0.6) is 5.75 Å². The summed E-state index contributed by atoms with van der Waals surface area (Å²) in [6.07, 6.45) is -1.07. The second kappa shape index (κ2) is 7.40. The SMILES string of the molecule is CCCc1ccc(C(F)(F)Oc2ccc3cc(CC)c(F)cc3c2)cc1. The molecule has 0 amide bonds. The first-order chi connectivity index (χ1) is 12.4. The maximum atomic E-state index is 14.5. The number of halogens is 3. The van der Waals surface area contributed by atoms with Gasteiger partial charge in [-0.15, -0.1) is 0 Å². The molecule has 0 fully saturated rings. The standard InChI is InChI=1S/C22H21F3O/c1-3-5-15-6-9-19(10-7-15)22(24,25)26-20-11-8-17-12-16(4-2)21(23)14-18(17)13-20/h6-14H,3-5H2,1-2H3. The fourth-order valence-electron chi connectivity index (χ4n) is 2.99. The highest BCUT2D eigenvalue weighted by molar-refractivity contribution is 5.84. The highest BCUT2D eigenvalue weighted by atomic mass is 19.3. The Kier molecular flexibility index (Phi) is 5.21. The van der Waals surface area contributed by atoms with E-state index in [0.717, 1.165) is 23.8 Å². The van der Waals surface area contributed by atoms with E-state index in [-0.39, 0.29) is 17.1 Å². The zero-order valence-electron chi connectivity index (χ0n) is 14.9. The van der Waals surface area contributed by atoms with Crippen LogP contribution in [0.4, 0.5) is 13.2 Å². The molecular formula is C22H21F3O. The van der Waals surface area contributed by atoms with Crippen LogP contribution in [0.3, 0.4) is 0 Å². The van der Waals surface area contributed by atoms with Gasteiger partial charge in [0.1, 0.15) is 11.6 Å². The summed E-state index contributed by atoms with van der Waals surface area (Å²) >= 11 is 0. The van der Waals surface area contributed by atoms with Gasteiger partial charge >= 0.3 is 6.11 Å². The molecule has 0 aliphatic carbocycles. The van der Waals surface area contributed by atoms with Crippen molar-refractivity contribution in [2.75, 3.05) is 0 Å². The molecule has 0 spiro atoms. The fraction of sp³-hybridized carbons (Fsp3) is 0.273. The van der Waals surface area contributed by atoms with Gasteiger partial charge in [0.2, 0.25) is 0 Å². The number of ether oxygens (including phenoxy) is 1. The van der Waals surface area contributed by atoms with Gasteiger partial charge in [-0.25, -0.2) is 4.39 Å². The molecule has 3 aromatic rings. The van der Waals surface area contributed by atoms with Crippen molar-refractivity contribution in [2.45, 2.75) is 39.2 Å². The van der Waals surface area contributed by atoms with Crippen molar-refractivity contribution in [2.24, 2.45) is 0 Å². The van der Waals surface area contributed by atoms with E-state index in [1.54, 1.807) is 24.3 Å². The maximum absolute atomic E-state index is 14.5. The lowest BCUT2D eigenvalue weighted by Crippen LogP contribution is -2.21. The zero-order chi connectivity index (χ0) is 18.7. The van der Waals surface area contributed by atoms with Crippen LogP contribution in [0.15, 0.2) is 54.6 Å². The molecule has 3 rings (SSSR count). The largest absolute Gasteiger partial charge is 0.429 e. The Balaban J connectivity index is 1.86. The molecule has 0 N–H and O–H groups in total. The predicted octanol–water partition coefficient (Wildman–Crippen LogP) is 6.62. The molecule has 0 saturated heterocycles. The molecule has 0 saturated carbocycles. The smallest absolute Gasteiger partial charge is 0.426 e. The third-order valence-electron chi connectivity index (χ3n) is 4.43. The van der Waals surface area contributed by atoms with E-state index in [9.17, 15) is 13.2 Å². The van der Waals surface area contributed by atoms with Gasteiger partial charge in [0.25, 0.3) is 0 Å². The Hall–Kier alpha value is -2.49. The first-order valence-corrected chi connectivity index (χ1v) is 8.81. The molecular weight excluding hydrogens is 337 g/mol. The second-order valence-electron chi connectivity index (χ2n) is 6.37. The van der Waals surface area contributed by atoms with Crippen molar-refractivity contribution >= 4 is 10.8 Å². The van der Waals surface area contributed by atoms with Crippen LogP contribution in [0.25, 0.3) is 10.8 Å². The molecule has 1 nitrogen and oxygen atoms in total. The van der Waals surface area contributed by atoms with Gasteiger partial charge in [-0.1, -0.05) is 38.5 Å². The first-order valence-electron chi connectivity index (χ1n) is 8.81. The molecule has 136 valence electrons. The summed E-state index contributed by atoms with van der Waals surface area (Å²) in [5.41, 5.74) is 1.41. The van der Waals surface area contributed by atoms with Gasteiger partial charge in [0, 0.05) is 0 Å². The zero-order valence-corrected chi connectivity index (χ0v) is 14.9. The average Bonchev–Trinajstić information content (AvgIpc) is 2.61. The van der Waals surface area contributed by atoms with Gasteiger partial charge < -0.3 is 4.74 Å². The van der Waals surface area contributed by atoms with E-state index in [4.69, 9.17) is 4.74 Å². The lowest BCUT2D eigenvalue weighted by Gasteiger charge is -2.19. The number of alkyl halides is 2. The third-order valence-corrected chi connectivity index (χ3v) is 4.43. The molecule has 3 aromatic carbocycles. The van der Waals surface area contributed by atoms with E-state index < -0.39 is 6.11 Å². The third kappa shape index (κ3) is 3.85. The Bertz CT molecular complexity index is 901. The molecule has 0 radical (unpaired) electrons. The van der Waals surface area contributed by atoms with Crippen LogP contribution in [0, 0.1) is 5.82 Å². The van der Waals surface area contributed by atoms with Gasteiger partial charge in [0.05, 0.1) is 5.56 Å². The predicted molar refractivity (Wildman–Crippen MR) is 98.2 cm³/mol. The molecule has 0 atom stereocenters. The van der Waals surface area contributed by atoms with Crippen molar-refractivity contribution in [1.82, 2.24) is 0 Å². The minimum Gasteiger partial charge on any atom is -0.429 e. The van der Waals surface area contributed by atoms with E-state index >= 15 is 0 Å². The molecule has 0 aliphatic rings. The Morgan fingerprint density at radius 3 is 2.27 bits per heavy atom. The van der Waals surface area contributed by atoms with E-state index in [0.29, 0.717) is 17.4 Å². The molecule has 4 heteroatoms. The molecule has 0 bridgehead atoms. The van der Waals surface area contributed by atoms with Crippen LogP contribution >= 0.6 is 0 Å². The summed E-state index contributed by atoms with van der Waals surface area (Å²) in [7, 11) is 0. The Morgan fingerprint density at radius 2 is 1.62 bits per heavy atom. The van der Waals surface area contributed by atoms with Crippen molar-refractivity contribution in [1.29, 1.82) is 0 Å². The summed E-state index contributed by atoms with van der Waals surface area (Å²) in [4.78, 5) is 0. The van der Waals surface area contributed by atoms with Gasteiger partial charge in [-0.2, -0.15) is 8.78 Å². The molecule has 0 heterocycles. The van der Waals surface area contributed by atoms with Crippen molar-refractivity contribution in [3.63, 3.8) is 0 Å². The van der Waals surface area contributed by atoms with E-state index in [2.05, 4.69) is 0 Å². The molecule has 0 unspecified atom stereocenters. The number of fused-ring (bicyclic) bond motifs is 1. The monoisotopic (exact) mass is 358 g/mol. The number of hydrogen-bond acceptors (Lipinski definition) is 1. The summed E-state index contributed by atoms with van der Waals surface area (Å²) in [5.74, 6) is -0.334. The van der Waals surface area contributed by atoms with Crippen LogP contribution in [0.2, 0.25) is 0 Å². The highest BCUT2D eigenvalue weighted by Crippen LogP contribution is 2.33. The molecule has 0 aromatic heterocycles. The molecule has 26 heavy (non-hydrogen) atoms. The number of rotatable bonds is 6. The summed E-state index contributed by atoms with van der Waals surface area (Å²) < 4.78 is 47.8. The number of benzene rings is 3. The van der Waals surface area contributed by atoms with Crippen LogP contribution < -0.4 is 4.74 Å². The minimum absolute atomic E-state index is 0.00350. The number of hydrogen-bond donors (Lipinski definition) is 0. The summed E-state index contributed by atoms with van der Waals surface area (Å²) in [6.45, 7) is 3.91. The minimum atomic E-state index is -3.46. The van der Waals surface area contributed by atoms with Crippen LogP contribution in [0.1, 0.15) is 37.0 Å². The second-order valence-corrected chi connectivity index (χ2v) is 6.37. The van der Waals surface area contributed by atoms with Gasteiger partial charge in [-0.05, 0) is 71.1 Å². The average molecular weight is 358 g/mol. The van der Waals surface area contributed by atoms with Crippen LogP contribution in [-0.2, 0) is 19.0 Å². The quantitative estimate of drug-likeness (QED) is 0.481. The summed E-state index contributed by atoms with van der Waals surface area (Å²) in [6, 6.07) is 13.9. The van der Waals surface area contributed by atoms with Crippen molar-refractivity contribution < 1.29 is 17.9 Å². The number of aryl methyl sites for hydroxylation is 2. The van der Waals surface area contributed by atoms with Crippen molar-refractivity contribution in [3.05, 3.63) is 77.1 Å². The van der Waals surface area contributed by atoms with E-state index in [1.807, 2.05) is 13.8 Å². The highest BCUT2D eigenvalue weighted by Gasteiger charge is 2.34.